The maximum absolute atomic E-state index is 13.1. The normalized spacial score (nSPS) is 55.3. The van der Waals surface area contributed by atoms with Crippen LogP contribution in [0.1, 0.15) is 59.8 Å². The molecule has 4 heteroatoms. The van der Waals surface area contributed by atoms with Crippen LogP contribution in [0.3, 0.4) is 0 Å². The van der Waals surface area contributed by atoms with E-state index in [9.17, 15) is 9.90 Å². The first-order valence-corrected chi connectivity index (χ1v) is 9.37. The minimum absolute atomic E-state index is 0.0103. The molecule has 4 nitrogen and oxygen atoms in total. The summed E-state index contributed by atoms with van der Waals surface area (Å²) in [7, 11) is 0. The van der Waals surface area contributed by atoms with Crippen LogP contribution in [-0.4, -0.2) is 34.5 Å². The lowest BCUT2D eigenvalue weighted by Gasteiger charge is -2.57. The maximum atomic E-state index is 13.1. The zero-order valence-electron chi connectivity index (χ0n) is 15.3. The van der Waals surface area contributed by atoms with Crippen LogP contribution in [0, 0.1) is 22.7 Å². The number of hydrogen-bond acceptors (Lipinski definition) is 4. The van der Waals surface area contributed by atoms with E-state index in [1.807, 2.05) is 0 Å². The van der Waals surface area contributed by atoms with Gasteiger partial charge in [-0.25, -0.2) is 0 Å². The Kier molecular flexibility index (Phi) is 3.21. The standard InChI is InChI=1S/C20H30O4/c1-6-18(4,22)15-11-20(16(21)23-15)12(2)9-10-17(3)13(20)7-8-14-19(17,5)24-14/h6,12-15,22H,1,7-11H2,2-5H3/t12-,13+,14-,15?,17-,18?,19-,20-/m1/s1. The van der Waals surface area contributed by atoms with Crippen molar-refractivity contribution in [2.75, 3.05) is 0 Å². The van der Waals surface area contributed by atoms with Crippen molar-refractivity contribution in [3.8, 4) is 0 Å². The van der Waals surface area contributed by atoms with Gasteiger partial charge in [0, 0.05) is 11.8 Å². The number of cyclic esters (lactones) is 1. The molecule has 4 aliphatic rings. The molecule has 0 amide bonds. The third-order valence-corrected chi connectivity index (χ3v) is 8.38. The molecule has 1 N–H and O–H groups in total. The summed E-state index contributed by atoms with van der Waals surface area (Å²) in [5.41, 5.74) is -1.76. The predicted molar refractivity (Wildman–Crippen MR) is 90.3 cm³/mol. The Labute approximate surface area is 144 Å². The first kappa shape index (κ1) is 16.6. The molecule has 0 aromatic carbocycles. The summed E-state index contributed by atoms with van der Waals surface area (Å²) >= 11 is 0. The lowest BCUT2D eigenvalue weighted by atomic mass is 9.44. The first-order chi connectivity index (χ1) is 11.1. The number of fused-ring (bicyclic) bond motifs is 4. The van der Waals surface area contributed by atoms with Crippen LogP contribution in [-0.2, 0) is 14.3 Å². The number of epoxide rings is 1. The highest BCUT2D eigenvalue weighted by Gasteiger charge is 2.75. The molecule has 2 saturated heterocycles. The van der Waals surface area contributed by atoms with Gasteiger partial charge in [-0.15, -0.1) is 6.58 Å². The first-order valence-electron chi connectivity index (χ1n) is 9.37. The number of ether oxygens (including phenoxy) is 2. The van der Waals surface area contributed by atoms with Gasteiger partial charge in [0.25, 0.3) is 0 Å². The lowest BCUT2D eigenvalue weighted by Crippen LogP contribution is -2.59. The smallest absolute Gasteiger partial charge is 0.313 e. The van der Waals surface area contributed by atoms with Crippen LogP contribution in [0.25, 0.3) is 0 Å². The van der Waals surface area contributed by atoms with Gasteiger partial charge in [-0.3, -0.25) is 4.79 Å². The van der Waals surface area contributed by atoms with Gasteiger partial charge in [0.05, 0.1) is 17.1 Å². The Bertz CT molecular complexity index is 598. The van der Waals surface area contributed by atoms with Crippen molar-refractivity contribution in [3.05, 3.63) is 12.7 Å². The predicted octanol–water partition coefficient (Wildman–Crippen LogP) is 3.23. The van der Waals surface area contributed by atoms with Crippen LogP contribution >= 0.6 is 0 Å². The van der Waals surface area contributed by atoms with E-state index in [0.29, 0.717) is 12.5 Å². The van der Waals surface area contributed by atoms with Gasteiger partial charge in [0.1, 0.15) is 11.7 Å². The number of esters is 1. The van der Waals surface area contributed by atoms with Gasteiger partial charge >= 0.3 is 5.97 Å². The highest BCUT2D eigenvalue weighted by Crippen LogP contribution is 2.71. The van der Waals surface area contributed by atoms with E-state index in [2.05, 4.69) is 27.4 Å². The molecule has 2 saturated carbocycles. The van der Waals surface area contributed by atoms with Crippen LogP contribution < -0.4 is 0 Å². The summed E-state index contributed by atoms with van der Waals surface area (Å²) < 4.78 is 11.9. The van der Waals surface area contributed by atoms with Gasteiger partial charge in [-0.2, -0.15) is 0 Å². The number of carbonyl (C=O) groups is 1. The molecule has 0 aromatic rings. The quantitative estimate of drug-likeness (QED) is 0.478. The van der Waals surface area contributed by atoms with Crippen molar-refractivity contribution < 1.29 is 19.4 Å². The second-order valence-corrected chi connectivity index (χ2v) is 9.27. The molecule has 0 radical (unpaired) electrons. The van der Waals surface area contributed by atoms with Crippen molar-refractivity contribution in [3.63, 3.8) is 0 Å². The molecule has 24 heavy (non-hydrogen) atoms. The fourth-order valence-corrected chi connectivity index (χ4v) is 6.26. The summed E-state index contributed by atoms with van der Waals surface area (Å²) in [5, 5.41) is 10.6. The molecule has 2 unspecified atom stereocenters. The van der Waals surface area contributed by atoms with Crippen LogP contribution in [0.15, 0.2) is 12.7 Å². The molecule has 2 aliphatic heterocycles. The third-order valence-electron chi connectivity index (χ3n) is 8.38. The van der Waals surface area contributed by atoms with E-state index in [1.54, 1.807) is 6.92 Å². The average Bonchev–Trinajstić information content (AvgIpc) is 3.10. The van der Waals surface area contributed by atoms with E-state index >= 15 is 0 Å². The number of rotatable bonds is 2. The Morgan fingerprint density at radius 1 is 1.33 bits per heavy atom. The zero-order valence-corrected chi connectivity index (χ0v) is 15.3. The largest absolute Gasteiger partial charge is 0.458 e. The Hall–Kier alpha value is -0.870. The molecule has 8 atom stereocenters. The van der Waals surface area contributed by atoms with E-state index in [0.717, 1.165) is 25.7 Å². The van der Waals surface area contributed by atoms with E-state index < -0.39 is 17.1 Å². The molecule has 134 valence electrons. The van der Waals surface area contributed by atoms with Crippen molar-refractivity contribution in [1.82, 2.24) is 0 Å². The summed E-state index contributed by atoms with van der Waals surface area (Å²) in [6.07, 6.45) is 6.10. The highest BCUT2D eigenvalue weighted by atomic mass is 16.6. The fourth-order valence-electron chi connectivity index (χ4n) is 6.26. The fraction of sp³-hybridized carbons (Fsp3) is 0.850. The Morgan fingerprint density at radius 3 is 2.71 bits per heavy atom. The molecule has 2 heterocycles. The third kappa shape index (κ3) is 1.74. The minimum Gasteiger partial charge on any atom is -0.458 e. The van der Waals surface area contributed by atoms with Crippen molar-refractivity contribution in [1.29, 1.82) is 0 Å². The van der Waals surface area contributed by atoms with Gasteiger partial charge in [-0.05, 0) is 51.4 Å². The second kappa shape index (κ2) is 4.64. The molecule has 4 rings (SSSR count). The van der Waals surface area contributed by atoms with E-state index in [4.69, 9.17) is 9.47 Å². The molecule has 0 bridgehead atoms. The van der Waals surface area contributed by atoms with Crippen LogP contribution in [0.2, 0.25) is 0 Å². The van der Waals surface area contributed by atoms with Gasteiger partial charge in [-0.1, -0.05) is 19.9 Å². The SMILES string of the molecule is C=CC(C)(O)C1C[C@@]2(C(=O)O1)[C@H](C)CC[C@]1(C)[C@@H]2CC[C@H]2O[C@]21C. The molecule has 0 aromatic heterocycles. The van der Waals surface area contributed by atoms with Crippen molar-refractivity contribution in [2.45, 2.75) is 83.2 Å². The molecular weight excluding hydrogens is 304 g/mol. The zero-order chi connectivity index (χ0) is 17.5. The van der Waals surface area contributed by atoms with Crippen molar-refractivity contribution in [2.24, 2.45) is 22.7 Å². The number of hydrogen-bond donors (Lipinski definition) is 1. The van der Waals surface area contributed by atoms with E-state index in [1.165, 1.54) is 6.08 Å². The average molecular weight is 334 g/mol. The monoisotopic (exact) mass is 334 g/mol. The highest BCUT2D eigenvalue weighted by molar-refractivity contribution is 5.80. The van der Waals surface area contributed by atoms with Crippen LogP contribution in [0.4, 0.5) is 0 Å². The summed E-state index contributed by atoms with van der Waals surface area (Å²) in [6.45, 7) is 12.1. The van der Waals surface area contributed by atoms with Crippen LogP contribution in [0.5, 0.6) is 0 Å². The van der Waals surface area contributed by atoms with Gasteiger partial charge in [0.15, 0.2) is 0 Å². The number of carbonyl (C=O) groups excluding carboxylic acids is 1. The minimum atomic E-state index is -1.18. The molecule has 2 aliphatic carbocycles. The van der Waals surface area contributed by atoms with Gasteiger partial charge in [0.2, 0.25) is 0 Å². The second-order valence-electron chi connectivity index (χ2n) is 9.27. The maximum Gasteiger partial charge on any atom is 0.313 e. The van der Waals surface area contributed by atoms with Gasteiger partial charge < -0.3 is 14.6 Å². The lowest BCUT2D eigenvalue weighted by molar-refractivity contribution is -0.169. The van der Waals surface area contributed by atoms with Crippen molar-refractivity contribution >= 4 is 5.97 Å². The summed E-state index contributed by atoms with van der Waals surface area (Å²) in [6, 6.07) is 0. The Balaban J connectivity index is 1.75. The Morgan fingerprint density at radius 2 is 2.04 bits per heavy atom. The van der Waals surface area contributed by atoms with E-state index in [-0.39, 0.29) is 28.8 Å². The molecule has 1 spiro atoms. The summed E-state index contributed by atoms with van der Waals surface area (Å²) in [4.78, 5) is 13.1. The molecular formula is C20H30O4. The number of aliphatic hydroxyl groups is 1. The topological polar surface area (TPSA) is 59.1 Å². The molecule has 4 fully saturated rings. The summed E-state index contributed by atoms with van der Waals surface area (Å²) in [5.74, 6) is 0.420.